The van der Waals surface area contributed by atoms with Crippen LogP contribution in [0.4, 0.5) is 0 Å². The summed E-state index contributed by atoms with van der Waals surface area (Å²) >= 11 is 1.60. The first-order valence-corrected chi connectivity index (χ1v) is 4.78. The SMILES string of the molecule is COCC(NN)c1sccc1OC. The molecule has 0 aliphatic rings. The summed E-state index contributed by atoms with van der Waals surface area (Å²) in [6.45, 7) is 0.535. The van der Waals surface area contributed by atoms with Crippen LogP contribution in [0.3, 0.4) is 0 Å². The van der Waals surface area contributed by atoms with E-state index < -0.39 is 0 Å². The van der Waals surface area contributed by atoms with Crippen molar-refractivity contribution in [1.82, 2.24) is 5.43 Å². The lowest BCUT2D eigenvalue weighted by molar-refractivity contribution is 0.167. The predicted octanol–water partition coefficient (Wildman–Crippen LogP) is 0.908. The van der Waals surface area contributed by atoms with Crippen LogP contribution in [0.2, 0.25) is 0 Å². The Morgan fingerprint density at radius 1 is 1.62 bits per heavy atom. The Kier molecular flexibility index (Phi) is 4.17. The van der Waals surface area contributed by atoms with Gasteiger partial charge in [-0.1, -0.05) is 0 Å². The molecule has 0 spiro atoms. The Labute approximate surface area is 81.6 Å². The molecule has 0 saturated carbocycles. The average Bonchev–Trinajstić information content (AvgIpc) is 2.61. The van der Waals surface area contributed by atoms with Gasteiger partial charge in [0, 0.05) is 7.11 Å². The van der Waals surface area contributed by atoms with E-state index in [9.17, 15) is 0 Å². The standard InChI is InChI=1S/C8H14N2O2S/c1-11-5-6(10-9)8-7(12-2)3-4-13-8/h3-4,6,10H,5,9H2,1-2H3. The number of hydrogen-bond donors (Lipinski definition) is 2. The quantitative estimate of drug-likeness (QED) is 0.550. The summed E-state index contributed by atoms with van der Waals surface area (Å²) in [6, 6.07) is 1.92. The zero-order chi connectivity index (χ0) is 9.68. The lowest BCUT2D eigenvalue weighted by Gasteiger charge is -2.14. The molecule has 1 heterocycles. The fourth-order valence-electron chi connectivity index (χ4n) is 1.10. The molecule has 3 N–H and O–H groups in total. The van der Waals surface area contributed by atoms with Gasteiger partial charge >= 0.3 is 0 Å². The van der Waals surface area contributed by atoms with Crippen molar-refractivity contribution in [3.05, 3.63) is 16.3 Å². The van der Waals surface area contributed by atoms with Crippen LogP contribution < -0.4 is 16.0 Å². The van der Waals surface area contributed by atoms with Gasteiger partial charge in [0.1, 0.15) is 5.75 Å². The Bertz CT molecular complexity index is 252. The van der Waals surface area contributed by atoms with Gasteiger partial charge in [-0.15, -0.1) is 11.3 Å². The molecule has 4 nitrogen and oxygen atoms in total. The zero-order valence-electron chi connectivity index (χ0n) is 7.74. The van der Waals surface area contributed by atoms with Crippen molar-refractivity contribution >= 4 is 11.3 Å². The van der Waals surface area contributed by atoms with Gasteiger partial charge in [0.05, 0.1) is 24.6 Å². The van der Waals surface area contributed by atoms with Crippen LogP contribution in [0.1, 0.15) is 10.9 Å². The maximum absolute atomic E-state index is 5.39. The molecular weight excluding hydrogens is 188 g/mol. The molecule has 0 aromatic carbocycles. The summed E-state index contributed by atoms with van der Waals surface area (Å²) < 4.78 is 10.2. The van der Waals surface area contributed by atoms with Crippen LogP contribution in [0, 0.1) is 0 Å². The molecule has 74 valence electrons. The van der Waals surface area contributed by atoms with Crippen molar-refractivity contribution < 1.29 is 9.47 Å². The molecule has 0 saturated heterocycles. The molecule has 1 unspecified atom stereocenters. The minimum atomic E-state index is -0.0000463. The van der Waals surface area contributed by atoms with Gasteiger partial charge in [-0.05, 0) is 11.4 Å². The van der Waals surface area contributed by atoms with Crippen LogP contribution in [-0.2, 0) is 4.74 Å². The van der Waals surface area contributed by atoms with Gasteiger partial charge < -0.3 is 9.47 Å². The van der Waals surface area contributed by atoms with E-state index in [0.717, 1.165) is 10.6 Å². The largest absolute Gasteiger partial charge is 0.496 e. The predicted molar refractivity (Wildman–Crippen MR) is 52.8 cm³/mol. The highest BCUT2D eigenvalue weighted by Gasteiger charge is 2.15. The van der Waals surface area contributed by atoms with Crippen LogP contribution >= 0.6 is 11.3 Å². The summed E-state index contributed by atoms with van der Waals surface area (Å²) in [7, 11) is 3.29. The molecule has 0 aliphatic heterocycles. The summed E-state index contributed by atoms with van der Waals surface area (Å²) in [6.07, 6.45) is 0. The molecule has 0 amide bonds. The molecule has 1 rings (SSSR count). The van der Waals surface area contributed by atoms with Gasteiger partial charge in [-0.2, -0.15) is 0 Å². The number of hydrazine groups is 1. The second-order valence-corrected chi connectivity index (χ2v) is 3.48. The number of hydrogen-bond acceptors (Lipinski definition) is 5. The Hall–Kier alpha value is -0.620. The molecule has 1 aromatic rings. The first kappa shape index (κ1) is 10.5. The second-order valence-electron chi connectivity index (χ2n) is 2.53. The molecule has 0 aliphatic carbocycles. The van der Waals surface area contributed by atoms with Gasteiger partial charge in [-0.3, -0.25) is 5.84 Å². The fourth-order valence-corrected chi connectivity index (χ4v) is 2.00. The summed E-state index contributed by atoms with van der Waals surface area (Å²) in [4.78, 5) is 1.06. The van der Waals surface area contributed by atoms with E-state index in [1.165, 1.54) is 0 Å². The minimum absolute atomic E-state index is 0.0000463. The maximum atomic E-state index is 5.39. The van der Waals surface area contributed by atoms with Crippen molar-refractivity contribution in [3.63, 3.8) is 0 Å². The molecule has 5 heteroatoms. The summed E-state index contributed by atoms with van der Waals surface area (Å²) in [5, 5.41) is 1.97. The first-order valence-electron chi connectivity index (χ1n) is 3.90. The van der Waals surface area contributed by atoms with Gasteiger partial charge in [-0.25, -0.2) is 5.43 Å². The van der Waals surface area contributed by atoms with E-state index >= 15 is 0 Å². The highest BCUT2D eigenvalue weighted by atomic mass is 32.1. The fraction of sp³-hybridized carbons (Fsp3) is 0.500. The number of nitrogens with two attached hydrogens (primary N) is 1. The molecule has 1 aromatic heterocycles. The lowest BCUT2D eigenvalue weighted by atomic mass is 10.2. The van der Waals surface area contributed by atoms with Crippen LogP contribution in [0.5, 0.6) is 5.75 Å². The van der Waals surface area contributed by atoms with Crippen LogP contribution in [0.25, 0.3) is 0 Å². The third-order valence-electron chi connectivity index (χ3n) is 1.73. The molecule has 0 bridgehead atoms. The first-order chi connectivity index (χ1) is 6.33. The van der Waals surface area contributed by atoms with E-state index in [4.69, 9.17) is 15.3 Å². The normalized spacial score (nSPS) is 12.8. The topological polar surface area (TPSA) is 56.5 Å². The van der Waals surface area contributed by atoms with Crippen molar-refractivity contribution in [2.75, 3.05) is 20.8 Å². The Balaban J connectivity index is 2.77. The number of ether oxygens (including phenoxy) is 2. The smallest absolute Gasteiger partial charge is 0.134 e. The second kappa shape index (κ2) is 5.18. The van der Waals surface area contributed by atoms with Gasteiger partial charge in [0.2, 0.25) is 0 Å². The molecule has 0 fully saturated rings. The Morgan fingerprint density at radius 3 is 2.92 bits per heavy atom. The highest BCUT2D eigenvalue weighted by Crippen LogP contribution is 2.30. The minimum Gasteiger partial charge on any atom is -0.496 e. The zero-order valence-corrected chi connectivity index (χ0v) is 8.56. The number of nitrogens with one attached hydrogen (secondary N) is 1. The third-order valence-corrected chi connectivity index (χ3v) is 2.74. The van der Waals surface area contributed by atoms with Crippen molar-refractivity contribution in [2.45, 2.75) is 6.04 Å². The van der Waals surface area contributed by atoms with E-state index in [0.29, 0.717) is 6.61 Å². The van der Waals surface area contributed by atoms with Crippen molar-refractivity contribution in [2.24, 2.45) is 5.84 Å². The number of thiophene rings is 1. The van der Waals surface area contributed by atoms with E-state index in [-0.39, 0.29) is 6.04 Å². The highest BCUT2D eigenvalue weighted by molar-refractivity contribution is 7.10. The van der Waals surface area contributed by atoms with E-state index in [2.05, 4.69) is 5.43 Å². The van der Waals surface area contributed by atoms with Crippen LogP contribution in [0.15, 0.2) is 11.4 Å². The maximum Gasteiger partial charge on any atom is 0.134 e. The van der Waals surface area contributed by atoms with E-state index in [1.54, 1.807) is 25.6 Å². The summed E-state index contributed by atoms with van der Waals surface area (Å²) in [5.41, 5.74) is 2.69. The molecule has 1 atom stereocenters. The lowest BCUT2D eigenvalue weighted by Crippen LogP contribution is -2.30. The molecular formula is C8H14N2O2S. The number of methoxy groups -OCH3 is 2. The third kappa shape index (κ3) is 2.41. The van der Waals surface area contributed by atoms with E-state index in [1.807, 2.05) is 11.4 Å². The van der Waals surface area contributed by atoms with Crippen LogP contribution in [-0.4, -0.2) is 20.8 Å². The Morgan fingerprint density at radius 2 is 2.38 bits per heavy atom. The molecule has 0 radical (unpaired) electrons. The summed E-state index contributed by atoms with van der Waals surface area (Å²) in [5.74, 6) is 6.25. The number of rotatable bonds is 5. The van der Waals surface area contributed by atoms with Crippen molar-refractivity contribution in [3.8, 4) is 5.75 Å². The van der Waals surface area contributed by atoms with Gasteiger partial charge in [0.25, 0.3) is 0 Å². The van der Waals surface area contributed by atoms with Crippen molar-refractivity contribution in [1.29, 1.82) is 0 Å². The average molecular weight is 202 g/mol. The van der Waals surface area contributed by atoms with Gasteiger partial charge in [0.15, 0.2) is 0 Å². The molecule has 13 heavy (non-hydrogen) atoms. The monoisotopic (exact) mass is 202 g/mol.